The van der Waals surface area contributed by atoms with Crippen molar-refractivity contribution in [2.45, 2.75) is 13.0 Å². The third-order valence-corrected chi connectivity index (χ3v) is 3.74. The molecular formula is C16H18ClNO2. The van der Waals surface area contributed by atoms with Crippen LogP contribution in [0, 0.1) is 6.92 Å². The second kappa shape index (κ2) is 6.16. The summed E-state index contributed by atoms with van der Waals surface area (Å²) >= 11 is 6.06. The lowest BCUT2D eigenvalue weighted by Crippen LogP contribution is -2.14. The van der Waals surface area contributed by atoms with Crippen LogP contribution in [0.4, 0.5) is 0 Å². The number of aryl methyl sites for hydroxylation is 1. The van der Waals surface area contributed by atoms with E-state index in [-0.39, 0.29) is 6.04 Å². The minimum absolute atomic E-state index is 0.336. The Hall–Kier alpha value is -1.71. The maximum atomic E-state index is 6.38. The Balaban J connectivity index is 2.51. The number of rotatable bonds is 4. The highest BCUT2D eigenvalue weighted by molar-refractivity contribution is 6.31. The summed E-state index contributed by atoms with van der Waals surface area (Å²) in [6, 6.07) is 11.1. The Morgan fingerprint density at radius 1 is 1.05 bits per heavy atom. The largest absolute Gasteiger partial charge is 0.496 e. The van der Waals surface area contributed by atoms with E-state index >= 15 is 0 Å². The second-order valence-electron chi connectivity index (χ2n) is 4.56. The van der Waals surface area contributed by atoms with Crippen molar-refractivity contribution in [1.29, 1.82) is 0 Å². The second-order valence-corrected chi connectivity index (χ2v) is 4.97. The molecule has 1 unspecified atom stereocenters. The van der Waals surface area contributed by atoms with E-state index in [0.29, 0.717) is 11.5 Å². The van der Waals surface area contributed by atoms with Crippen LogP contribution in [0.1, 0.15) is 22.7 Å². The van der Waals surface area contributed by atoms with Crippen molar-refractivity contribution >= 4 is 11.6 Å². The molecule has 0 spiro atoms. The molecule has 0 aliphatic heterocycles. The van der Waals surface area contributed by atoms with E-state index < -0.39 is 0 Å². The number of methoxy groups -OCH3 is 2. The standard InChI is InChI=1S/C16H18ClNO2/c1-10-9-11(7-8-12(10)17)16(18)15-13(19-2)5-4-6-14(15)20-3/h4-9,16H,18H2,1-3H3. The summed E-state index contributed by atoms with van der Waals surface area (Å²) in [5, 5.41) is 0.730. The smallest absolute Gasteiger partial charge is 0.127 e. The van der Waals surface area contributed by atoms with Gasteiger partial charge in [0.05, 0.1) is 25.8 Å². The molecule has 0 saturated carbocycles. The fraction of sp³-hybridized carbons (Fsp3) is 0.250. The molecule has 3 nitrogen and oxygen atoms in total. The Bertz CT molecular complexity index is 591. The summed E-state index contributed by atoms with van der Waals surface area (Å²) in [4.78, 5) is 0. The first-order chi connectivity index (χ1) is 9.58. The van der Waals surface area contributed by atoms with Crippen LogP contribution in [0.2, 0.25) is 5.02 Å². The van der Waals surface area contributed by atoms with Crippen molar-refractivity contribution in [3.63, 3.8) is 0 Å². The summed E-state index contributed by atoms with van der Waals surface area (Å²) in [5.41, 5.74) is 9.18. The molecule has 2 aromatic rings. The van der Waals surface area contributed by atoms with Gasteiger partial charge in [-0.1, -0.05) is 29.8 Å². The fourth-order valence-corrected chi connectivity index (χ4v) is 2.33. The summed E-state index contributed by atoms with van der Waals surface area (Å²) in [7, 11) is 3.25. The van der Waals surface area contributed by atoms with Crippen LogP contribution >= 0.6 is 11.6 Å². The molecule has 20 heavy (non-hydrogen) atoms. The predicted octanol–water partition coefficient (Wildman–Crippen LogP) is 3.71. The third-order valence-electron chi connectivity index (χ3n) is 3.32. The van der Waals surface area contributed by atoms with Crippen molar-refractivity contribution in [2.75, 3.05) is 14.2 Å². The van der Waals surface area contributed by atoms with Crippen molar-refractivity contribution in [2.24, 2.45) is 5.73 Å². The number of hydrogen-bond donors (Lipinski definition) is 1. The lowest BCUT2D eigenvalue weighted by molar-refractivity contribution is 0.382. The molecule has 0 aromatic heterocycles. The van der Waals surface area contributed by atoms with Crippen molar-refractivity contribution in [3.05, 3.63) is 58.1 Å². The number of nitrogens with two attached hydrogens (primary N) is 1. The van der Waals surface area contributed by atoms with Crippen LogP contribution in [0.15, 0.2) is 36.4 Å². The van der Waals surface area contributed by atoms with Crippen molar-refractivity contribution in [3.8, 4) is 11.5 Å². The molecule has 1 atom stereocenters. The molecule has 0 heterocycles. The highest BCUT2D eigenvalue weighted by Crippen LogP contribution is 2.36. The van der Waals surface area contributed by atoms with E-state index in [4.69, 9.17) is 26.8 Å². The maximum absolute atomic E-state index is 6.38. The van der Waals surface area contributed by atoms with Gasteiger partial charge >= 0.3 is 0 Å². The Morgan fingerprint density at radius 3 is 2.15 bits per heavy atom. The van der Waals surface area contributed by atoms with Gasteiger partial charge in [0.2, 0.25) is 0 Å². The summed E-state index contributed by atoms with van der Waals surface area (Å²) in [6.45, 7) is 1.96. The first-order valence-electron chi connectivity index (χ1n) is 6.31. The molecule has 0 bridgehead atoms. The van der Waals surface area contributed by atoms with Crippen LogP contribution in [-0.4, -0.2) is 14.2 Å². The first-order valence-corrected chi connectivity index (χ1v) is 6.68. The van der Waals surface area contributed by atoms with E-state index in [0.717, 1.165) is 21.7 Å². The molecule has 2 aromatic carbocycles. The third kappa shape index (κ3) is 2.74. The highest BCUT2D eigenvalue weighted by atomic mass is 35.5. The maximum Gasteiger partial charge on any atom is 0.127 e. The molecule has 0 aliphatic rings. The zero-order valence-corrected chi connectivity index (χ0v) is 12.6. The summed E-state index contributed by atoms with van der Waals surface area (Å²) in [5.74, 6) is 1.42. The molecule has 2 rings (SSSR count). The van der Waals surface area contributed by atoms with Gasteiger partial charge in [0.15, 0.2) is 0 Å². The minimum atomic E-state index is -0.336. The zero-order chi connectivity index (χ0) is 14.7. The van der Waals surface area contributed by atoms with Gasteiger partial charge in [0.25, 0.3) is 0 Å². The molecule has 106 valence electrons. The average molecular weight is 292 g/mol. The predicted molar refractivity (Wildman–Crippen MR) is 81.8 cm³/mol. The lowest BCUT2D eigenvalue weighted by Gasteiger charge is -2.19. The molecule has 0 radical (unpaired) electrons. The van der Waals surface area contributed by atoms with Crippen LogP contribution in [0.5, 0.6) is 11.5 Å². The van der Waals surface area contributed by atoms with Crippen LogP contribution in [0.25, 0.3) is 0 Å². The van der Waals surface area contributed by atoms with Gasteiger partial charge in [-0.05, 0) is 36.2 Å². The van der Waals surface area contributed by atoms with Crippen molar-refractivity contribution in [1.82, 2.24) is 0 Å². The zero-order valence-electron chi connectivity index (χ0n) is 11.8. The average Bonchev–Trinajstić information content (AvgIpc) is 2.48. The fourth-order valence-electron chi connectivity index (χ4n) is 2.21. The van der Waals surface area contributed by atoms with Gasteiger partial charge in [-0.3, -0.25) is 0 Å². The normalized spacial score (nSPS) is 12.1. The van der Waals surface area contributed by atoms with E-state index in [9.17, 15) is 0 Å². The van der Waals surface area contributed by atoms with E-state index in [1.54, 1.807) is 14.2 Å². The van der Waals surface area contributed by atoms with Gasteiger partial charge in [-0.15, -0.1) is 0 Å². The Morgan fingerprint density at radius 2 is 1.65 bits per heavy atom. The van der Waals surface area contributed by atoms with Crippen LogP contribution in [0.3, 0.4) is 0 Å². The van der Waals surface area contributed by atoms with Gasteiger partial charge < -0.3 is 15.2 Å². The molecule has 0 fully saturated rings. The van der Waals surface area contributed by atoms with Gasteiger partial charge in [-0.2, -0.15) is 0 Å². The van der Waals surface area contributed by atoms with E-state index in [1.165, 1.54) is 0 Å². The number of halogens is 1. The topological polar surface area (TPSA) is 44.5 Å². The van der Waals surface area contributed by atoms with Crippen LogP contribution < -0.4 is 15.2 Å². The van der Waals surface area contributed by atoms with Gasteiger partial charge in [-0.25, -0.2) is 0 Å². The molecule has 0 amide bonds. The SMILES string of the molecule is COc1cccc(OC)c1C(N)c1ccc(Cl)c(C)c1. The lowest BCUT2D eigenvalue weighted by atomic mass is 9.96. The minimum Gasteiger partial charge on any atom is -0.496 e. The van der Waals surface area contributed by atoms with E-state index in [2.05, 4.69) is 0 Å². The number of hydrogen-bond acceptors (Lipinski definition) is 3. The van der Waals surface area contributed by atoms with Gasteiger partial charge in [0.1, 0.15) is 11.5 Å². The van der Waals surface area contributed by atoms with Crippen LogP contribution in [-0.2, 0) is 0 Å². The van der Waals surface area contributed by atoms with Crippen molar-refractivity contribution < 1.29 is 9.47 Å². The summed E-state index contributed by atoms with van der Waals surface area (Å²) < 4.78 is 10.8. The highest BCUT2D eigenvalue weighted by Gasteiger charge is 2.19. The number of benzene rings is 2. The molecule has 2 N–H and O–H groups in total. The Labute approximate surface area is 124 Å². The molecule has 0 aliphatic carbocycles. The quantitative estimate of drug-likeness (QED) is 0.934. The molecule has 0 saturated heterocycles. The first kappa shape index (κ1) is 14.7. The van der Waals surface area contributed by atoms with Gasteiger partial charge in [0, 0.05) is 5.02 Å². The monoisotopic (exact) mass is 291 g/mol. The Kier molecular flexibility index (Phi) is 4.53. The number of ether oxygens (including phenoxy) is 2. The molecular weight excluding hydrogens is 274 g/mol. The molecule has 4 heteroatoms. The summed E-state index contributed by atoms with van der Waals surface area (Å²) in [6.07, 6.45) is 0. The van der Waals surface area contributed by atoms with E-state index in [1.807, 2.05) is 43.3 Å².